The van der Waals surface area contributed by atoms with Crippen LogP contribution in [0.4, 0.5) is 0 Å². The third-order valence-electron chi connectivity index (χ3n) is 2.97. The van der Waals surface area contributed by atoms with Crippen molar-refractivity contribution in [3.8, 4) is 0 Å². The van der Waals surface area contributed by atoms with E-state index in [2.05, 4.69) is 5.32 Å². The molecule has 0 aliphatic heterocycles. The van der Waals surface area contributed by atoms with Crippen LogP contribution >= 0.6 is 0 Å². The number of hydrogen-bond donors (Lipinski definition) is 2. The molecule has 0 fully saturated rings. The summed E-state index contributed by atoms with van der Waals surface area (Å²) in [5.41, 5.74) is 0.825. The van der Waals surface area contributed by atoms with Crippen LogP contribution in [0.2, 0.25) is 0 Å². The Bertz CT molecular complexity index is 479. The summed E-state index contributed by atoms with van der Waals surface area (Å²) in [5.74, 6) is -1.18. The third-order valence-corrected chi connectivity index (χ3v) is 2.97. The Kier molecular flexibility index (Phi) is 8.89. The molecule has 0 saturated carbocycles. The van der Waals surface area contributed by atoms with Gasteiger partial charge in [0.1, 0.15) is 18.8 Å². The standard InChI is InChI=1S/C16H23NO6/c1-3-22-14(19)9-17-15(13(18)11-21-2)16(20)23-10-12-7-5-4-6-8-12/h4-8,13,15,17-18H,3,9-11H2,1-2H3. The van der Waals surface area contributed by atoms with E-state index in [0.717, 1.165) is 5.56 Å². The van der Waals surface area contributed by atoms with Gasteiger partial charge >= 0.3 is 11.9 Å². The molecule has 0 aliphatic carbocycles. The summed E-state index contributed by atoms with van der Waals surface area (Å²) in [4.78, 5) is 23.5. The number of ether oxygens (including phenoxy) is 3. The molecule has 0 amide bonds. The summed E-state index contributed by atoms with van der Waals surface area (Å²) >= 11 is 0. The van der Waals surface area contributed by atoms with Gasteiger partial charge in [-0.15, -0.1) is 0 Å². The summed E-state index contributed by atoms with van der Waals surface area (Å²) in [6.07, 6.45) is -1.14. The summed E-state index contributed by atoms with van der Waals surface area (Å²) in [7, 11) is 1.40. The number of methoxy groups -OCH3 is 1. The Balaban J connectivity index is 2.58. The third kappa shape index (κ3) is 7.23. The minimum Gasteiger partial charge on any atom is -0.465 e. The first kappa shape index (κ1) is 19.1. The summed E-state index contributed by atoms with van der Waals surface area (Å²) in [6, 6.07) is 8.08. The molecule has 2 unspecified atom stereocenters. The van der Waals surface area contributed by atoms with Gasteiger partial charge in [0.15, 0.2) is 0 Å². The highest BCUT2D eigenvalue weighted by Crippen LogP contribution is 2.04. The summed E-state index contributed by atoms with van der Waals surface area (Å²) < 4.78 is 14.8. The van der Waals surface area contributed by atoms with Crippen LogP contribution in [0.25, 0.3) is 0 Å². The first-order chi connectivity index (χ1) is 11.1. The van der Waals surface area contributed by atoms with Crippen LogP contribution in [0.3, 0.4) is 0 Å². The monoisotopic (exact) mass is 325 g/mol. The van der Waals surface area contributed by atoms with Crippen molar-refractivity contribution in [2.45, 2.75) is 25.7 Å². The topological polar surface area (TPSA) is 94.1 Å². The van der Waals surface area contributed by atoms with E-state index in [1.165, 1.54) is 7.11 Å². The molecule has 1 aromatic carbocycles. The molecule has 1 rings (SSSR count). The van der Waals surface area contributed by atoms with Crippen molar-refractivity contribution in [2.75, 3.05) is 26.9 Å². The van der Waals surface area contributed by atoms with Gasteiger partial charge in [-0.1, -0.05) is 30.3 Å². The van der Waals surface area contributed by atoms with Crippen molar-refractivity contribution in [3.05, 3.63) is 35.9 Å². The molecule has 7 heteroatoms. The molecule has 1 aromatic rings. The second kappa shape index (κ2) is 10.7. The van der Waals surface area contributed by atoms with Crippen LogP contribution in [0, 0.1) is 0 Å². The molecule has 0 bridgehead atoms. The predicted octanol–water partition coefficient (Wildman–Crippen LogP) is 0.258. The fourth-order valence-corrected chi connectivity index (χ4v) is 1.87. The largest absolute Gasteiger partial charge is 0.465 e. The maximum absolute atomic E-state index is 12.2. The lowest BCUT2D eigenvalue weighted by Gasteiger charge is -2.22. The maximum atomic E-state index is 12.2. The number of rotatable bonds is 10. The number of nitrogens with one attached hydrogen (secondary N) is 1. The molecular weight excluding hydrogens is 302 g/mol. The quantitative estimate of drug-likeness (QED) is 0.596. The molecule has 0 radical (unpaired) electrons. The molecule has 0 heterocycles. The molecular formula is C16H23NO6. The first-order valence-electron chi connectivity index (χ1n) is 7.35. The van der Waals surface area contributed by atoms with Crippen molar-refractivity contribution in [3.63, 3.8) is 0 Å². The molecule has 2 N–H and O–H groups in total. The zero-order valence-corrected chi connectivity index (χ0v) is 13.4. The van der Waals surface area contributed by atoms with E-state index in [1.807, 2.05) is 30.3 Å². The highest BCUT2D eigenvalue weighted by atomic mass is 16.5. The van der Waals surface area contributed by atoms with E-state index < -0.39 is 24.1 Å². The summed E-state index contributed by atoms with van der Waals surface area (Å²) in [5, 5.41) is 12.6. The lowest BCUT2D eigenvalue weighted by Crippen LogP contribution is -2.50. The zero-order chi connectivity index (χ0) is 17.1. The molecule has 23 heavy (non-hydrogen) atoms. The van der Waals surface area contributed by atoms with Crippen molar-refractivity contribution >= 4 is 11.9 Å². The van der Waals surface area contributed by atoms with E-state index in [4.69, 9.17) is 14.2 Å². The van der Waals surface area contributed by atoms with Gasteiger partial charge in [0.25, 0.3) is 0 Å². The first-order valence-corrected chi connectivity index (χ1v) is 7.35. The smallest absolute Gasteiger partial charge is 0.326 e. The van der Waals surface area contributed by atoms with Crippen LogP contribution in [-0.4, -0.2) is 56.1 Å². The average molecular weight is 325 g/mol. The average Bonchev–Trinajstić information content (AvgIpc) is 2.54. The molecule has 0 saturated heterocycles. The van der Waals surface area contributed by atoms with E-state index >= 15 is 0 Å². The van der Waals surface area contributed by atoms with Crippen LogP contribution in [0.15, 0.2) is 30.3 Å². The number of esters is 2. The van der Waals surface area contributed by atoms with Gasteiger partial charge in [0.2, 0.25) is 0 Å². The van der Waals surface area contributed by atoms with Gasteiger partial charge < -0.3 is 19.3 Å². The Morgan fingerprint density at radius 2 is 1.91 bits per heavy atom. The van der Waals surface area contributed by atoms with E-state index in [9.17, 15) is 14.7 Å². The lowest BCUT2D eigenvalue weighted by atomic mass is 10.1. The van der Waals surface area contributed by atoms with Crippen LogP contribution in [0.1, 0.15) is 12.5 Å². The second-order valence-electron chi connectivity index (χ2n) is 4.78. The highest BCUT2D eigenvalue weighted by molar-refractivity contribution is 5.78. The molecule has 0 spiro atoms. The molecule has 0 aromatic heterocycles. The Morgan fingerprint density at radius 1 is 1.22 bits per heavy atom. The minimum atomic E-state index is -1.14. The van der Waals surface area contributed by atoms with Crippen LogP contribution in [-0.2, 0) is 30.4 Å². The Labute approximate surface area is 135 Å². The molecule has 7 nitrogen and oxygen atoms in total. The zero-order valence-electron chi connectivity index (χ0n) is 13.4. The van der Waals surface area contributed by atoms with Gasteiger partial charge in [-0.25, -0.2) is 0 Å². The molecule has 128 valence electrons. The maximum Gasteiger partial charge on any atom is 0.326 e. The fourth-order valence-electron chi connectivity index (χ4n) is 1.87. The number of hydrogen-bond acceptors (Lipinski definition) is 7. The fraction of sp³-hybridized carbons (Fsp3) is 0.500. The number of benzene rings is 1. The van der Waals surface area contributed by atoms with Gasteiger partial charge in [0, 0.05) is 7.11 Å². The van der Waals surface area contributed by atoms with Crippen molar-refractivity contribution in [2.24, 2.45) is 0 Å². The van der Waals surface area contributed by atoms with Crippen LogP contribution in [0.5, 0.6) is 0 Å². The van der Waals surface area contributed by atoms with Crippen molar-refractivity contribution in [1.82, 2.24) is 5.32 Å². The second-order valence-corrected chi connectivity index (χ2v) is 4.78. The SMILES string of the molecule is CCOC(=O)CNC(C(=O)OCc1ccccc1)C(O)COC. The minimum absolute atomic E-state index is 0.0685. The van der Waals surface area contributed by atoms with Gasteiger partial charge in [-0.2, -0.15) is 0 Å². The van der Waals surface area contributed by atoms with Crippen molar-refractivity contribution < 1.29 is 28.9 Å². The van der Waals surface area contributed by atoms with E-state index in [-0.39, 0.29) is 26.4 Å². The van der Waals surface area contributed by atoms with Gasteiger partial charge in [-0.05, 0) is 12.5 Å². The number of carbonyl (C=O) groups excluding carboxylic acids is 2. The number of carbonyl (C=O) groups is 2. The predicted molar refractivity (Wildman–Crippen MR) is 82.5 cm³/mol. The van der Waals surface area contributed by atoms with Crippen molar-refractivity contribution in [1.29, 1.82) is 0 Å². The molecule has 0 aliphatic rings. The van der Waals surface area contributed by atoms with Crippen LogP contribution < -0.4 is 5.32 Å². The van der Waals surface area contributed by atoms with Gasteiger partial charge in [-0.3, -0.25) is 14.9 Å². The highest BCUT2D eigenvalue weighted by Gasteiger charge is 2.28. The Morgan fingerprint density at radius 3 is 2.52 bits per heavy atom. The lowest BCUT2D eigenvalue weighted by molar-refractivity contribution is -0.152. The van der Waals surface area contributed by atoms with Gasteiger partial charge in [0.05, 0.1) is 19.8 Å². The number of aliphatic hydroxyl groups excluding tert-OH is 1. The van der Waals surface area contributed by atoms with E-state index in [1.54, 1.807) is 6.92 Å². The Hall–Kier alpha value is -1.96. The normalized spacial score (nSPS) is 13.2. The molecule has 2 atom stereocenters. The van der Waals surface area contributed by atoms with E-state index in [0.29, 0.717) is 0 Å². The number of aliphatic hydroxyl groups is 1. The summed E-state index contributed by atoms with van der Waals surface area (Å²) in [6.45, 7) is 1.73.